The Morgan fingerprint density at radius 1 is 0.857 bits per heavy atom. The molecule has 284 valence electrons. The van der Waals surface area contributed by atoms with Gasteiger partial charge in [0.2, 0.25) is 0 Å². The van der Waals surface area contributed by atoms with Crippen LogP contribution in [0.1, 0.15) is 112 Å². The van der Waals surface area contributed by atoms with E-state index in [1.807, 2.05) is 0 Å². The molecule has 0 saturated heterocycles. The van der Waals surface area contributed by atoms with Gasteiger partial charge in [0.25, 0.3) is 0 Å². The molecule has 3 N–H and O–H groups in total. The summed E-state index contributed by atoms with van der Waals surface area (Å²) in [6.45, 7) is 15.7. The third-order valence-electron chi connectivity index (χ3n) is 13.0. The smallest absolute Gasteiger partial charge is 0.407 e. The SMILES string of the molecule is CC(C)CCC[C@@H](C)[C@H]1CC[C@H]2C3CC=C4C[C@@H](OC(=O)NCCCOCCOCCOCCOC(CO)CO)CC[C@]4(C)[C@H]3CC[C@]12C. The Bertz CT molecular complexity index is 1000. The Hall–Kier alpha value is -1.23. The molecule has 0 aromatic heterocycles. The molecule has 0 radical (unpaired) electrons. The lowest BCUT2D eigenvalue weighted by Gasteiger charge is -2.58. The van der Waals surface area contributed by atoms with Crippen LogP contribution in [0.3, 0.4) is 0 Å². The molecule has 0 aromatic carbocycles. The predicted octanol–water partition coefficient (Wildman–Crippen LogP) is 6.93. The van der Waals surface area contributed by atoms with Crippen molar-refractivity contribution in [2.45, 2.75) is 124 Å². The van der Waals surface area contributed by atoms with Crippen LogP contribution in [-0.4, -0.2) is 94.5 Å². The van der Waals surface area contributed by atoms with Crippen molar-refractivity contribution < 1.29 is 38.7 Å². The second-order valence-corrected chi connectivity index (χ2v) is 16.5. The number of amides is 1. The normalized spacial score (nSPS) is 31.6. The number of rotatable bonds is 22. The zero-order chi connectivity index (χ0) is 35.3. The fourth-order valence-corrected chi connectivity index (χ4v) is 10.3. The van der Waals surface area contributed by atoms with E-state index in [2.05, 4.69) is 46.0 Å². The van der Waals surface area contributed by atoms with Gasteiger partial charge in [-0.15, -0.1) is 0 Å². The van der Waals surface area contributed by atoms with Crippen LogP contribution >= 0.6 is 0 Å². The highest BCUT2D eigenvalue weighted by atomic mass is 16.6. The number of hydrogen-bond acceptors (Lipinski definition) is 8. The number of allylic oxidation sites excluding steroid dienone is 1. The van der Waals surface area contributed by atoms with Crippen LogP contribution in [0.4, 0.5) is 4.79 Å². The Kier molecular flexibility index (Phi) is 16.7. The molecule has 0 aliphatic heterocycles. The highest BCUT2D eigenvalue weighted by molar-refractivity contribution is 5.67. The summed E-state index contributed by atoms with van der Waals surface area (Å²) < 4.78 is 27.7. The lowest BCUT2D eigenvalue weighted by atomic mass is 9.47. The van der Waals surface area contributed by atoms with Gasteiger partial charge in [-0.2, -0.15) is 0 Å². The van der Waals surface area contributed by atoms with Gasteiger partial charge in [0.15, 0.2) is 0 Å². The second-order valence-electron chi connectivity index (χ2n) is 16.5. The summed E-state index contributed by atoms with van der Waals surface area (Å²) in [7, 11) is 0. The first kappa shape index (κ1) is 40.5. The summed E-state index contributed by atoms with van der Waals surface area (Å²) in [5, 5.41) is 20.8. The molecule has 9 nitrogen and oxygen atoms in total. The molecule has 9 heteroatoms. The van der Waals surface area contributed by atoms with Gasteiger partial charge in [0.1, 0.15) is 12.2 Å². The summed E-state index contributed by atoms with van der Waals surface area (Å²) in [5.41, 5.74) is 2.33. The minimum atomic E-state index is -0.554. The molecule has 3 saturated carbocycles. The lowest BCUT2D eigenvalue weighted by molar-refractivity contribution is -0.0581. The van der Waals surface area contributed by atoms with Crippen molar-refractivity contribution in [1.82, 2.24) is 5.32 Å². The Morgan fingerprint density at radius 3 is 2.24 bits per heavy atom. The number of hydrogen-bond donors (Lipinski definition) is 3. The number of fused-ring (bicyclic) bond motifs is 5. The average Bonchev–Trinajstić information content (AvgIpc) is 3.44. The number of aliphatic hydroxyl groups excluding tert-OH is 2. The summed E-state index contributed by atoms with van der Waals surface area (Å²) in [6.07, 6.45) is 16.4. The first-order valence-electron chi connectivity index (χ1n) is 19.8. The van der Waals surface area contributed by atoms with Crippen molar-refractivity contribution in [1.29, 1.82) is 0 Å². The zero-order valence-electron chi connectivity index (χ0n) is 31.6. The fraction of sp³-hybridized carbons (Fsp3) is 0.925. The minimum Gasteiger partial charge on any atom is -0.446 e. The van der Waals surface area contributed by atoms with Gasteiger partial charge in [0.05, 0.1) is 52.9 Å². The van der Waals surface area contributed by atoms with Crippen molar-refractivity contribution in [3.63, 3.8) is 0 Å². The summed E-state index contributed by atoms with van der Waals surface area (Å²) >= 11 is 0. The Morgan fingerprint density at radius 2 is 1.55 bits per heavy atom. The third kappa shape index (κ3) is 11.1. The molecule has 0 bridgehead atoms. The maximum atomic E-state index is 12.6. The van der Waals surface area contributed by atoms with Crippen LogP contribution in [0.2, 0.25) is 0 Å². The first-order chi connectivity index (χ1) is 23.6. The zero-order valence-corrected chi connectivity index (χ0v) is 31.6. The van der Waals surface area contributed by atoms with Crippen molar-refractivity contribution >= 4 is 6.09 Å². The van der Waals surface area contributed by atoms with Crippen LogP contribution in [0.5, 0.6) is 0 Å². The monoisotopic (exact) mass is 694 g/mol. The maximum absolute atomic E-state index is 12.6. The van der Waals surface area contributed by atoms with Crippen molar-refractivity contribution in [3.05, 3.63) is 11.6 Å². The predicted molar refractivity (Wildman–Crippen MR) is 192 cm³/mol. The molecular weight excluding hydrogens is 622 g/mol. The van der Waals surface area contributed by atoms with E-state index in [0.717, 1.165) is 61.2 Å². The van der Waals surface area contributed by atoms with Gasteiger partial charge in [0, 0.05) is 19.6 Å². The lowest BCUT2D eigenvalue weighted by Crippen LogP contribution is -2.51. The molecular formula is C40H71NO8. The fourth-order valence-electron chi connectivity index (χ4n) is 10.3. The van der Waals surface area contributed by atoms with E-state index in [1.54, 1.807) is 5.57 Å². The molecule has 0 spiro atoms. The topological polar surface area (TPSA) is 116 Å². The molecule has 1 unspecified atom stereocenters. The average molecular weight is 694 g/mol. The van der Waals surface area contributed by atoms with E-state index in [9.17, 15) is 4.79 Å². The Labute approximate surface area is 297 Å². The number of nitrogens with one attached hydrogen (secondary N) is 1. The third-order valence-corrected chi connectivity index (χ3v) is 13.0. The molecule has 0 aromatic rings. The summed E-state index contributed by atoms with van der Waals surface area (Å²) in [5.74, 6) is 5.01. The highest BCUT2D eigenvalue weighted by Gasteiger charge is 2.59. The van der Waals surface area contributed by atoms with Crippen molar-refractivity contribution in [3.8, 4) is 0 Å². The number of carbonyl (C=O) groups is 1. The van der Waals surface area contributed by atoms with E-state index >= 15 is 0 Å². The molecule has 4 rings (SSSR count). The number of ether oxygens (including phenoxy) is 5. The van der Waals surface area contributed by atoms with E-state index in [0.29, 0.717) is 58.2 Å². The molecule has 4 aliphatic rings. The number of carbonyl (C=O) groups excluding carboxylic acids is 1. The largest absolute Gasteiger partial charge is 0.446 e. The molecule has 0 heterocycles. The Balaban J connectivity index is 1.08. The van der Waals surface area contributed by atoms with Gasteiger partial charge in [-0.1, -0.05) is 65.5 Å². The van der Waals surface area contributed by atoms with Gasteiger partial charge in [-0.3, -0.25) is 0 Å². The summed E-state index contributed by atoms with van der Waals surface area (Å²) in [4.78, 5) is 12.6. The van der Waals surface area contributed by atoms with Crippen molar-refractivity contribution in [2.24, 2.45) is 46.3 Å². The van der Waals surface area contributed by atoms with Crippen LogP contribution in [0, 0.1) is 46.3 Å². The van der Waals surface area contributed by atoms with Crippen LogP contribution in [0.15, 0.2) is 11.6 Å². The van der Waals surface area contributed by atoms with E-state index < -0.39 is 6.10 Å². The number of alkyl carbamates (subject to hydrolysis) is 1. The van der Waals surface area contributed by atoms with Crippen molar-refractivity contribution in [2.75, 3.05) is 66.0 Å². The molecule has 1 amide bonds. The number of aliphatic hydroxyl groups is 2. The minimum absolute atomic E-state index is 0.0322. The van der Waals surface area contributed by atoms with Crippen LogP contribution in [-0.2, 0) is 23.7 Å². The van der Waals surface area contributed by atoms with Gasteiger partial charge in [-0.25, -0.2) is 4.79 Å². The van der Waals surface area contributed by atoms with E-state index in [1.165, 1.54) is 51.4 Å². The second kappa shape index (κ2) is 20.1. The van der Waals surface area contributed by atoms with Gasteiger partial charge >= 0.3 is 6.09 Å². The van der Waals surface area contributed by atoms with E-state index in [-0.39, 0.29) is 30.8 Å². The van der Waals surface area contributed by atoms with Crippen LogP contribution < -0.4 is 5.32 Å². The van der Waals surface area contributed by atoms with Gasteiger partial charge in [-0.05, 0) is 97.7 Å². The molecule has 3 fully saturated rings. The van der Waals surface area contributed by atoms with E-state index in [4.69, 9.17) is 33.9 Å². The quantitative estimate of drug-likeness (QED) is 0.0826. The summed E-state index contributed by atoms with van der Waals surface area (Å²) in [6, 6.07) is 0. The first-order valence-corrected chi connectivity index (χ1v) is 19.8. The molecule has 8 atom stereocenters. The standard InChI is InChI=1S/C40H71NO8/c1-29(2)8-6-9-30(3)35-12-13-36-34-11-10-31-26-32(14-16-39(31,4)37(34)15-17-40(35,36)5)49-38(44)41-18-7-19-45-20-21-46-22-23-47-24-25-48-33(27-42)28-43/h10,29-30,32-37,42-43H,6-9,11-28H2,1-5H3,(H,41,44)/t30-,32+,34?,35-,36+,37+,39+,40-/m1/s1. The maximum Gasteiger partial charge on any atom is 0.407 e. The molecule has 4 aliphatic carbocycles. The van der Waals surface area contributed by atoms with Gasteiger partial charge < -0.3 is 39.2 Å². The molecule has 49 heavy (non-hydrogen) atoms. The highest BCUT2D eigenvalue weighted by Crippen LogP contribution is 2.67. The van der Waals surface area contributed by atoms with Crippen LogP contribution in [0.25, 0.3) is 0 Å².